The number of hydrogen-bond acceptors (Lipinski definition) is 6. The van der Waals surface area contributed by atoms with Gasteiger partial charge in [0.05, 0.1) is 18.1 Å². The van der Waals surface area contributed by atoms with Crippen LogP contribution in [0.3, 0.4) is 0 Å². The average Bonchev–Trinajstić information content (AvgIpc) is 3.18. The Kier molecular flexibility index (Phi) is 4.50. The maximum atomic E-state index is 14.5. The first-order valence-corrected chi connectivity index (χ1v) is 9.19. The number of halogens is 2. The van der Waals surface area contributed by atoms with E-state index in [0.717, 1.165) is 5.56 Å². The molecule has 0 aliphatic carbocycles. The van der Waals surface area contributed by atoms with Crippen LogP contribution in [0, 0.1) is 19.7 Å². The molecule has 0 amide bonds. The van der Waals surface area contributed by atoms with E-state index in [4.69, 9.17) is 0 Å². The molecule has 0 atom stereocenters. The Morgan fingerprint density at radius 2 is 2.04 bits per heavy atom. The lowest BCUT2D eigenvalue weighted by Crippen LogP contribution is -2.13. The fourth-order valence-corrected chi connectivity index (χ4v) is 3.41. The lowest BCUT2D eigenvalue weighted by molar-refractivity contribution is 0.0983. The summed E-state index contributed by atoms with van der Waals surface area (Å²) < 4.78 is 17.6. The van der Waals surface area contributed by atoms with Gasteiger partial charge in [0.2, 0.25) is 4.73 Å². The van der Waals surface area contributed by atoms with Crippen molar-refractivity contribution in [1.29, 1.82) is 0 Å². The highest BCUT2D eigenvalue weighted by molar-refractivity contribution is 9.10. The SMILES string of the molecule is Cc1ncc(C)c(-c2cnn(C)c2C(=O)Cc2cc3nc(Br)nn3cc2F)n1. The molecule has 0 spiro atoms. The van der Waals surface area contributed by atoms with E-state index in [0.29, 0.717) is 33.2 Å². The number of hydrogen-bond donors (Lipinski definition) is 0. The molecule has 4 aromatic rings. The zero-order valence-electron chi connectivity index (χ0n) is 15.3. The zero-order valence-corrected chi connectivity index (χ0v) is 16.9. The maximum absolute atomic E-state index is 14.5. The number of aromatic nitrogens is 7. The number of carbonyl (C=O) groups excluding carboxylic acids is 1. The number of Topliss-reactive ketones (excluding diaryl/α,β-unsaturated/α-hetero) is 1. The predicted octanol–water partition coefficient (Wildman–Crippen LogP) is 2.86. The smallest absolute Gasteiger partial charge is 0.218 e. The van der Waals surface area contributed by atoms with Gasteiger partial charge in [-0.2, -0.15) is 5.10 Å². The van der Waals surface area contributed by atoms with E-state index < -0.39 is 5.82 Å². The number of carbonyl (C=O) groups is 1. The maximum Gasteiger partial charge on any atom is 0.218 e. The summed E-state index contributed by atoms with van der Waals surface area (Å²) in [4.78, 5) is 25.8. The van der Waals surface area contributed by atoms with Crippen molar-refractivity contribution >= 4 is 27.4 Å². The third kappa shape index (κ3) is 3.19. The van der Waals surface area contributed by atoms with Crippen molar-refractivity contribution in [3.63, 3.8) is 0 Å². The summed E-state index contributed by atoms with van der Waals surface area (Å²) in [6.07, 6.45) is 4.37. The second-order valence-corrected chi connectivity index (χ2v) is 7.12. The van der Waals surface area contributed by atoms with Crippen LogP contribution in [0.25, 0.3) is 16.9 Å². The van der Waals surface area contributed by atoms with Gasteiger partial charge in [-0.05, 0) is 41.4 Å². The number of pyridine rings is 1. The first-order chi connectivity index (χ1) is 13.3. The first-order valence-electron chi connectivity index (χ1n) is 8.39. The Bertz CT molecular complexity index is 1230. The molecule has 28 heavy (non-hydrogen) atoms. The first kappa shape index (κ1) is 18.4. The van der Waals surface area contributed by atoms with E-state index in [9.17, 15) is 9.18 Å². The van der Waals surface area contributed by atoms with Crippen LogP contribution in [0.1, 0.15) is 27.4 Å². The highest BCUT2D eigenvalue weighted by atomic mass is 79.9. The second kappa shape index (κ2) is 6.86. The molecule has 10 heteroatoms. The van der Waals surface area contributed by atoms with E-state index in [1.54, 1.807) is 26.4 Å². The van der Waals surface area contributed by atoms with Crippen molar-refractivity contribution in [2.75, 3.05) is 0 Å². The number of nitrogens with zero attached hydrogens (tertiary/aromatic N) is 7. The van der Waals surface area contributed by atoms with Crippen molar-refractivity contribution < 1.29 is 9.18 Å². The standard InChI is InChI=1S/C18H15BrFN7O/c1-9-6-21-10(2)23-16(9)12-7-22-26(3)17(12)14(28)4-11-5-15-24-18(19)25-27(15)8-13(11)20/h5-8H,4H2,1-3H3. The second-order valence-electron chi connectivity index (χ2n) is 6.41. The molecular formula is C18H15BrFN7O. The summed E-state index contributed by atoms with van der Waals surface area (Å²) in [6, 6.07) is 1.52. The van der Waals surface area contributed by atoms with Crippen LogP contribution in [-0.4, -0.2) is 40.1 Å². The summed E-state index contributed by atoms with van der Waals surface area (Å²) in [5.74, 6) is -0.208. The summed E-state index contributed by atoms with van der Waals surface area (Å²) in [6.45, 7) is 3.65. The van der Waals surface area contributed by atoms with Gasteiger partial charge >= 0.3 is 0 Å². The minimum atomic E-state index is -0.531. The van der Waals surface area contributed by atoms with Gasteiger partial charge in [-0.15, -0.1) is 5.10 Å². The normalized spacial score (nSPS) is 11.3. The molecule has 0 unspecified atom stereocenters. The summed E-state index contributed by atoms with van der Waals surface area (Å²) in [7, 11) is 1.68. The van der Waals surface area contributed by atoms with E-state index >= 15 is 0 Å². The van der Waals surface area contributed by atoms with Gasteiger partial charge in [-0.1, -0.05) is 0 Å². The highest BCUT2D eigenvalue weighted by Crippen LogP contribution is 2.26. The van der Waals surface area contributed by atoms with E-state index in [1.807, 2.05) is 6.92 Å². The minimum Gasteiger partial charge on any atom is -0.292 e. The lowest BCUT2D eigenvalue weighted by atomic mass is 10.0. The van der Waals surface area contributed by atoms with Gasteiger partial charge < -0.3 is 0 Å². The average molecular weight is 444 g/mol. The van der Waals surface area contributed by atoms with Crippen molar-refractivity contribution in [3.8, 4) is 11.3 Å². The summed E-state index contributed by atoms with van der Waals surface area (Å²) in [5.41, 5.74) is 3.11. The van der Waals surface area contributed by atoms with Gasteiger partial charge in [0.25, 0.3) is 0 Å². The third-order valence-electron chi connectivity index (χ3n) is 4.38. The van der Waals surface area contributed by atoms with Crippen LogP contribution in [0.4, 0.5) is 4.39 Å². The molecule has 4 aromatic heterocycles. The molecule has 0 aliphatic rings. The Morgan fingerprint density at radius 3 is 2.82 bits per heavy atom. The molecule has 0 saturated heterocycles. The van der Waals surface area contributed by atoms with Crippen molar-refractivity contribution in [1.82, 2.24) is 34.3 Å². The fourth-order valence-electron chi connectivity index (χ4n) is 3.05. The number of rotatable bonds is 4. The molecule has 0 fully saturated rings. The highest BCUT2D eigenvalue weighted by Gasteiger charge is 2.22. The Labute approximate surface area is 167 Å². The zero-order chi connectivity index (χ0) is 20.0. The summed E-state index contributed by atoms with van der Waals surface area (Å²) >= 11 is 3.16. The quantitative estimate of drug-likeness (QED) is 0.450. The fraction of sp³-hybridized carbons (Fsp3) is 0.222. The van der Waals surface area contributed by atoms with Crippen LogP contribution >= 0.6 is 15.9 Å². The number of aryl methyl sites for hydroxylation is 3. The Balaban J connectivity index is 1.74. The molecule has 0 radical (unpaired) electrons. The third-order valence-corrected chi connectivity index (χ3v) is 4.71. The van der Waals surface area contributed by atoms with Crippen LogP contribution in [-0.2, 0) is 13.5 Å². The van der Waals surface area contributed by atoms with Crippen molar-refractivity contribution in [2.24, 2.45) is 7.05 Å². The van der Waals surface area contributed by atoms with Crippen LogP contribution in [0.5, 0.6) is 0 Å². The van der Waals surface area contributed by atoms with Gasteiger partial charge in [0.1, 0.15) is 17.3 Å². The number of ketones is 1. The molecule has 0 aliphatic heterocycles. The largest absolute Gasteiger partial charge is 0.292 e. The molecule has 142 valence electrons. The van der Waals surface area contributed by atoms with E-state index in [1.165, 1.54) is 21.5 Å². The van der Waals surface area contributed by atoms with Crippen LogP contribution < -0.4 is 0 Å². The van der Waals surface area contributed by atoms with Gasteiger partial charge in [-0.3, -0.25) is 9.48 Å². The molecular weight excluding hydrogens is 429 g/mol. The van der Waals surface area contributed by atoms with Crippen LogP contribution in [0.2, 0.25) is 0 Å². The molecule has 4 heterocycles. The van der Waals surface area contributed by atoms with Gasteiger partial charge in [0, 0.05) is 30.8 Å². The van der Waals surface area contributed by atoms with Gasteiger partial charge in [-0.25, -0.2) is 23.9 Å². The molecule has 0 saturated carbocycles. The van der Waals surface area contributed by atoms with Crippen molar-refractivity contribution in [2.45, 2.75) is 20.3 Å². The van der Waals surface area contributed by atoms with Gasteiger partial charge in [0.15, 0.2) is 11.4 Å². The number of fused-ring (bicyclic) bond motifs is 1. The van der Waals surface area contributed by atoms with E-state index in [2.05, 4.69) is 41.1 Å². The minimum absolute atomic E-state index is 0.136. The predicted molar refractivity (Wildman–Crippen MR) is 102 cm³/mol. The topological polar surface area (TPSA) is 90.9 Å². The monoisotopic (exact) mass is 443 g/mol. The van der Waals surface area contributed by atoms with Crippen molar-refractivity contribution in [3.05, 3.63) is 57.9 Å². The molecule has 0 aromatic carbocycles. The lowest BCUT2D eigenvalue weighted by Gasteiger charge is -2.09. The molecule has 4 rings (SSSR count). The van der Waals surface area contributed by atoms with E-state index in [-0.39, 0.29) is 17.8 Å². The Hall–Kier alpha value is -3.01. The Morgan fingerprint density at radius 1 is 1.25 bits per heavy atom. The van der Waals surface area contributed by atoms with Crippen LogP contribution in [0.15, 0.2) is 29.4 Å². The molecule has 8 nitrogen and oxygen atoms in total. The summed E-state index contributed by atoms with van der Waals surface area (Å²) in [5, 5.41) is 8.21. The molecule has 0 bridgehead atoms. The molecule has 0 N–H and O–H groups in total.